The first-order valence-electron chi connectivity index (χ1n) is 4.79. The van der Waals surface area contributed by atoms with Gasteiger partial charge in [-0.05, 0) is 11.6 Å². The van der Waals surface area contributed by atoms with E-state index in [-0.39, 0.29) is 22.9 Å². The van der Waals surface area contributed by atoms with Crippen LogP contribution in [-0.2, 0) is 4.79 Å². The highest BCUT2D eigenvalue weighted by atomic mass is 35.5. The number of nitrogens with one attached hydrogen (secondary N) is 1. The fourth-order valence-corrected chi connectivity index (χ4v) is 1.91. The van der Waals surface area contributed by atoms with Crippen LogP contribution in [0.3, 0.4) is 0 Å². The van der Waals surface area contributed by atoms with Crippen LogP contribution in [0.15, 0.2) is 17.8 Å². The number of halogens is 1. The molecule has 2 aromatic rings. The van der Waals surface area contributed by atoms with Crippen LogP contribution in [0.4, 0.5) is 0 Å². The van der Waals surface area contributed by atoms with Crippen molar-refractivity contribution in [1.82, 2.24) is 35.0 Å². The number of nitrogens with zero attached hydrogens (tertiary/aromatic N) is 6. The zero-order chi connectivity index (χ0) is 13.0. The Bertz CT molecular complexity index is 546. The predicted octanol–water partition coefficient (Wildman–Crippen LogP) is -0.0562. The first-order chi connectivity index (χ1) is 8.69. The lowest BCUT2D eigenvalue weighted by molar-refractivity contribution is -0.118. The molecule has 0 atom stereocenters. The molecule has 0 saturated heterocycles. The summed E-state index contributed by atoms with van der Waals surface area (Å²) in [4.78, 5) is 26.8. The zero-order valence-corrected chi connectivity index (χ0v) is 10.8. The molecule has 0 radical (unpaired) electrons. The van der Waals surface area contributed by atoms with Crippen LogP contribution in [0.5, 0.6) is 0 Å². The van der Waals surface area contributed by atoms with Crippen molar-refractivity contribution in [2.45, 2.75) is 5.16 Å². The molecule has 0 saturated carbocycles. The summed E-state index contributed by atoms with van der Waals surface area (Å²) in [7, 11) is 1.56. The van der Waals surface area contributed by atoms with Crippen molar-refractivity contribution in [3.63, 3.8) is 0 Å². The van der Waals surface area contributed by atoms with E-state index in [0.717, 1.165) is 11.8 Å². The van der Waals surface area contributed by atoms with Gasteiger partial charge >= 0.3 is 0 Å². The molecule has 0 aliphatic rings. The molecule has 0 aromatic carbocycles. The second-order valence-electron chi connectivity index (χ2n) is 2.99. The summed E-state index contributed by atoms with van der Waals surface area (Å²) in [6, 6.07) is 0. The summed E-state index contributed by atoms with van der Waals surface area (Å²) in [5, 5.41) is 6.77. The van der Waals surface area contributed by atoms with E-state index >= 15 is 0 Å². The summed E-state index contributed by atoms with van der Waals surface area (Å²) in [5.74, 6) is 0.332. The summed E-state index contributed by atoms with van der Waals surface area (Å²) >= 11 is 6.94. The molecule has 0 bridgehead atoms. The molecule has 94 valence electrons. The van der Waals surface area contributed by atoms with Crippen molar-refractivity contribution in [2.75, 3.05) is 12.8 Å². The van der Waals surface area contributed by atoms with Gasteiger partial charge in [-0.2, -0.15) is 24.7 Å². The van der Waals surface area contributed by atoms with E-state index in [0.29, 0.717) is 5.16 Å². The maximum atomic E-state index is 11.1. The molecule has 10 heteroatoms. The van der Waals surface area contributed by atoms with E-state index in [1.165, 1.54) is 17.3 Å². The summed E-state index contributed by atoms with van der Waals surface area (Å²) in [5.41, 5.74) is 0. The normalized spacial score (nSPS) is 10.3. The Labute approximate surface area is 111 Å². The quantitative estimate of drug-likeness (QED) is 0.786. The number of amides is 1. The van der Waals surface area contributed by atoms with E-state index in [9.17, 15) is 4.79 Å². The van der Waals surface area contributed by atoms with Crippen molar-refractivity contribution in [1.29, 1.82) is 0 Å². The average molecular weight is 286 g/mol. The van der Waals surface area contributed by atoms with Gasteiger partial charge in [-0.15, -0.1) is 0 Å². The Hall–Kier alpha value is -1.74. The number of rotatable bonds is 4. The maximum absolute atomic E-state index is 11.1. The van der Waals surface area contributed by atoms with Crippen LogP contribution in [0, 0.1) is 0 Å². The molecular formula is C8H8ClN7OS. The van der Waals surface area contributed by atoms with Gasteiger partial charge in [0.15, 0.2) is 5.16 Å². The number of aromatic nitrogens is 6. The van der Waals surface area contributed by atoms with Gasteiger partial charge in [0.25, 0.3) is 5.95 Å². The molecule has 2 heterocycles. The molecule has 0 aliphatic carbocycles. The SMILES string of the molecule is CNC(=O)CSc1nc(Cl)nc(-n2cncn2)n1. The van der Waals surface area contributed by atoms with Crippen LogP contribution in [0.2, 0.25) is 5.28 Å². The van der Waals surface area contributed by atoms with Crippen LogP contribution in [0.25, 0.3) is 5.95 Å². The first-order valence-corrected chi connectivity index (χ1v) is 6.15. The van der Waals surface area contributed by atoms with E-state index in [2.05, 4.69) is 30.4 Å². The minimum absolute atomic E-state index is 0.0370. The van der Waals surface area contributed by atoms with Gasteiger partial charge in [0.05, 0.1) is 5.75 Å². The molecule has 1 amide bonds. The number of carbonyl (C=O) groups is 1. The Kier molecular flexibility index (Phi) is 4.05. The van der Waals surface area contributed by atoms with Gasteiger partial charge in [0, 0.05) is 7.05 Å². The fraction of sp³-hybridized carbons (Fsp3) is 0.250. The Morgan fingerprint density at radius 2 is 2.33 bits per heavy atom. The molecule has 0 fully saturated rings. The molecule has 2 aromatic heterocycles. The standard InChI is InChI=1S/C8H8ClN7OS/c1-10-5(17)2-18-8-14-6(9)13-7(15-8)16-4-11-3-12-16/h3-4H,2H2,1H3,(H,10,17). The predicted molar refractivity (Wildman–Crippen MR) is 64.5 cm³/mol. The van der Waals surface area contributed by atoms with Gasteiger partial charge < -0.3 is 5.32 Å². The number of thioether (sulfide) groups is 1. The minimum atomic E-state index is -0.126. The van der Waals surface area contributed by atoms with Crippen LogP contribution in [0.1, 0.15) is 0 Å². The summed E-state index contributed by atoms with van der Waals surface area (Å²) < 4.78 is 1.36. The van der Waals surface area contributed by atoms with Gasteiger partial charge in [0.1, 0.15) is 12.7 Å². The topological polar surface area (TPSA) is 98.5 Å². The molecule has 0 aliphatic heterocycles. The van der Waals surface area contributed by atoms with Crippen molar-refractivity contribution >= 4 is 29.3 Å². The number of hydrogen-bond acceptors (Lipinski definition) is 7. The van der Waals surface area contributed by atoms with Gasteiger partial charge in [0.2, 0.25) is 11.2 Å². The largest absolute Gasteiger partial charge is 0.358 e. The van der Waals surface area contributed by atoms with Gasteiger partial charge in [-0.25, -0.2) is 4.98 Å². The lowest BCUT2D eigenvalue weighted by atomic mass is 10.7. The summed E-state index contributed by atoms with van der Waals surface area (Å²) in [6.07, 6.45) is 2.80. The first kappa shape index (κ1) is 12.7. The zero-order valence-electron chi connectivity index (χ0n) is 9.24. The van der Waals surface area contributed by atoms with Crippen molar-refractivity contribution < 1.29 is 4.79 Å². The number of hydrogen-bond donors (Lipinski definition) is 1. The monoisotopic (exact) mass is 285 g/mol. The smallest absolute Gasteiger partial charge is 0.257 e. The lowest BCUT2D eigenvalue weighted by Gasteiger charge is -2.02. The van der Waals surface area contributed by atoms with Crippen molar-refractivity contribution in [2.24, 2.45) is 0 Å². The van der Waals surface area contributed by atoms with E-state index in [1.807, 2.05) is 0 Å². The molecule has 0 spiro atoms. The maximum Gasteiger partial charge on any atom is 0.257 e. The van der Waals surface area contributed by atoms with Gasteiger partial charge in [-0.3, -0.25) is 4.79 Å². The van der Waals surface area contributed by atoms with Gasteiger partial charge in [-0.1, -0.05) is 11.8 Å². The van der Waals surface area contributed by atoms with E-state index in [4.69, 9.17) is 11.6 Å². The van der Waals surface area contributed by atoms with Crippen LogP contribution in [-0.4, -0.2) is 48.4 Å². The third kappa shape index (κ3) is 3.14. The molecule has 8 nitrogen and oxygen atoms in total. The molecule has 18 heavy (non-hydrogen) atoms. The number of carbonyl (C=O) groups excluding carboxylic acids is 1. The van der Waals surface area contributed by atoms with E-state index < -0.39 is 0 Å². The third-order valence-corrected chi connectivity index (χ3v) is 2.83. The molecular weight excluding hydrogens is 278 g/mol. The fourth-order valence-electron chi connectivity index (χ4n) is 1.00. The Morgan fingerprint density at radius 3 is 3.00 bits per heavy atom. The minimum Gasteiger partial charge on any atom is -0.358 e. The highest BCUT2D eigenvalue weighted by molar-refractivity contribution is 7.99. The summed E-state index contributed by atoms with van der Waals surface area (Å²) in [6.45, 7) is 0. The van der Waals surface area contributed by atoms with Crippen molar-refractivity contribution in [3.05, 3.63) is 17.9 Å². The molecule has 1 N–H and O–H groups in total. The second kappa shape index (κ2) is 5.74. The van der Waals surface area contributed by atoms with E-state index in [1.54, 1.807) is 7.05 Å². The highest BCUT2D eigenvalue weighted by Gasteiger charge is 2.09. The average Bonchev–Trinajstić information content (AvgIpc) is 2.89. The molecule has 2 rings (SSSR count). The van der Waals surface area contributed by atoms with Crippen LogP contribution < -0.4 is 5.32 Å². The second-order valence-corrected chi connectivity index (χ2v) is 4.27. The highest BCUT2D eigenvalue weighted by Crippen LogP contribution is 2.15. The van der Waals surface area contributed by atoms with Crippen molar-refractivity contribution in [3.8, 4) is 5.95 Å². The third-order valence-electron chi connectivity index (χ3n) is 1.81. The molecule has 0 unspecified atom stereocenters. The lowest BCUT2D eigenvalue weighted by Crippen LogP contribution is -2.20. The Morgan fingerprint density at radius 1 is 1.50 bits per heavy atom. The van der Waals surface area contributed by atoms with Crippen LogP contribution >= 0.6 is 23.4 Å². The Balaban J connectivity index is 2.19.